The van der Waals surface area contributed by atoms with Crippen LogP contribution in [0.1, 0.15) is 11.1 Å². The standard InChI is InChI=1S/C11H15F2N3/c1-16(7-10(12)13)6-8-4-2-3-5-9(8)11(14)15/h2-5,10H,6-7H2,1H3,(H3,14,15). The average Bonchev–Trinajstić information content (AvgIpc) is 2.16. The Morgan fingerprint density at radius 3 is 2.62 bits per heavy atom. The van der Waals surface area contributed by atoms with Crippen molar-refractivity contribution >= 4 is 5.84 Å². The number of hydrogen-bond donors (Lipinski definition) is 2. The molecule has 0 heterocycles. The predicted octanol–water partition coefficient (Wildman–Crippen LogP) is 1.67. The number of nitrogens with two attached hydrogens (primary N) is 1. The Hall–Kier alpha value is -1.49. The highest BCUT2D eigenvalue weighted by molar-refractivity contribution is 5.96. The number of halogens is 2. The van der Waals surface area contributed by atoms with E-state index in [1.54, 1.807) is 31.3 Å². The lowest BCUT2D eigenvalue weighted by Crippen LogP contribution is -2.25. The van der Waals surface area contributed by atoms with Crippen molar-refractivity contribution in [3.05, 3.63) is 35.4 Å². The van der Waals surface area contributed by atoms with E-state index < -0.39 is 6.43 Å². The summed E-state index contributed by atoms with van der Waals surface area (Å²) in [5.74, 6) is -0.0407. The van der Waals surface area contributed by atoms with Crippen LogP contribution in [0.2, 0.25) is 0 Å². The molecule has 0 aromatic heterocycles. The summed E-state index contributed by atoms with van der Waals surface area (Å²) in [5, 5.41) is 7.37. The van der Waals surface area contributed by atoms with E-state index in [1.165, 1.54) is 4.90 Å². The maximum Gasteiger partial charge on any atom is 0.251 e. The number of amidine groups is 1. The number of alkyl halides is 2. The first-order valence-corrected chi connectivity index (χ1v) is 4.89. The van der Waals surface area contributed by atoms with Crippen molar-refractivity contribution in [2.75, 3.05) is 13.6 Å². The van der Waals surface area contributed by atoms with E-state index in [0.717, 1.165) is 5.56 Å². The summed E-state index contributed by atoms with van der Waals surface area (Å²) in [4.78, 5) is 1.51. The van der Waals surface area contributed by atoms with Crippen LogP contribution in [0.25, 0.3) is 0 Å². The molecule has 0 radical (unpaired) electrons. The molecule has 0 fully saturated rings. The second-order valence-corrected chi connectivity index (χ2v) is 3.66. The molecule has 0 unspecified atom stereocenters. The minimum absolute atomic E-state index is 0.0407. The summed E-state index contributed by atoms with van der Waals surface area (Å²) in [6, 6.07) is 7.08. The quantitative estimate of drug-likeness (QED) is 0.594. The molecule has 3 nitrogen and oxygen atoms in total. The van der Waals surface area contributed by atoms with Gasteiger partial charge in [-0.25, -0.2) is 8.78 Å². The Morgan fingerprint density at radius 1 is 1.44 bits per heavy atom. The van der Waals surface area contributed by atoms with E-state index in [2.05, 4.69) is 0 Å². The molecule has 0 atom stereocenters. The van der Waals surface area contributed by atoms with Crippen LogP contribution in [0, 0.1) is 5.41 Å². The van der Waals surface area contributed by atoms with Gasteiger partial charge in [0, 0.05) is 12.1 Å². The lowest BCUT2D eigenvalue weighted by Gasteiger charge is -2.17. The van der Waals surface area contributed by atoms with Crippen LogP contribution in [0.3, 0.4) is 0 Å². The van der Waals surface area contributed by atoms with Crippen molar-refractivity contribution in [1.82, 2.24) is 4.90 Å². The molecule has 0 aliphatic carbocycles. The first-order chi connectivity index (χ1) is 7.50. The van der Waals surface area contributed by atoms with Gasteiger partial charge < -0.3 is 5.73 Å². The second-order valence-electron chi connectivity index (χ2n) is 3.66. The molecule has 0 saturated carbocycles. The van der Waals surface area contributed by atoms with Crippen LogP contribution in [-0.4, -0.2) is 30.8 Å². The van der Waals surface area contributed by atoms with E-state index in [4.69, 9.17) is 11.1 Å². The summed E-state index contributed by atoms with van der Waals surface area (Å²) in [7, 11) is 1.61. The minimum Gasteiger partial charge on any atom is -0.384 e. The number of nitrogen functional groups attached to an aromatic ring is 1. The summed E-state index contributed by atoms with van der Waals surface area (Å²) in [6.07, 6.45) is -2.35. The van der Waals surface area contributed by atoms with Gasteiger partial charge in [0.25, 0.3) is 6.43 Å². The Bertz CT molecular complexity index is 366. The molecule has 16 heavy (non-hydrogen) atoms. The van der Waals surface area contributed by atoms with Gasteiger partial charge in [-0.15, -0.1) is 0 Å². The number of nitrogens with one attached hydrogen (secondary N) is 1. The van der Waals surface area contributed by atoms with Gasteiger partial charge in [-0.05, 0) is 12.6 Å². The third-order valence-electron chi connectivity index (χ3n) is 2.20. The molecular formula is C11H15F2N3. The highest BCUT2D eigenvalue weighted by Crippen LogP contribution is 2.11. The van der Waals surface area contributed by atoms with Crippen LogP contribution in [-0.2, 0) is 6.54 Å². The summed E-state index contributed by atoms with van der Waals surface area (Å²) < 4.78 is 24.3. The summed E-state index contributed by atoms with van der Waals surface area (Å²) in [5.41, 5.74) is 6.80. The third-order valence-corrected chi connectivity index (χ3v) is 2.20. The van der Waals surface area contributed by atoms with Gasteiger partial charge in [-0.3, -0.25) is 10.3 Å². The Morgan fingerprint density at radius 2 is 2.06 bits per heavy atom. The molecule has 0 saturated heterocycles. The molecule has 0 bridgehead atoms. The molecular weight excluding hydrogens is 212 g/mol. The van der Waals surface area contributed by atoms with Gasteiger partial charge >= 0.3 is 0 Å². The lowest BCUT2D eigenvalue weighted by atomic mass is 10.1. The fraction of sp³-hybridized carbons (Fsp3) is 0.364. The molecule has 0 spiro atoms. The topological polar surface area (TPSA) is 53.1 Å². The Kier molecular flexibility index (Phi) is 4.37. The zero-order valence-electron chi connectivity index (χ0n) is 9.08. The zero-order chi connectivity index (χ0) is 12.1. The van der Waals surface area contributed by atoms with Crippen LogP contribution in [0.5, 0.6) is 0 Å². The van der Waals surface area contributed by atoms with Gasteiger partial charge in [0.05, 0.1) is 6.54 Å². The SMILES string of the molecule is CN(Cc1ccccc1C(=N)N)CC(F)F. The highest BCUT2D eigenvalue weighted by atomic mass is 19.3. The van der Waals surface area contributed by atoms with E-state index in [9.17, 15) is 8.78 Å². The van der Waals surface area contributed by atoms with Crippen molar-refractivity contribution < 1.29 is 8.78 Å². The van der Waals surface area contributed by atoms with Crippen LogP contribution < -0.4 is 5.73 Å². The number of benzene rings is 1. The van der Waals surface area contributed by atoms with Crippen molar-refractivity contribution in [2.24, 2.45) is 5.73 Å². The van der Waals surface area contributed by atoms with E-state index in [1.807, 2.05) is 0 Å². The monoisotopic (exact) mass is 227 g/mol. The van der Waals surface area contributed by atoms with E-state index >= 15 is 0 Å². The average molecular weight is 227 g/mol. The first-order valence-electron chi connectivity index (χ1n) is 4.89. The summed E-state index contributed by atoms with van der Waals surface area (Å²) in [6.45, 7) is 0.0757. The van der Waals surface area contributed by atoms with Gasteiger partial charge in [-0.1, -0.05) is 24.3 Å². The molecule has 3 N–H and O–H groups in total. The predicted molar refractivity (Wildman–Crippen MR) is 59.8 cm³/mol. The molecule has 88 valence electrons. The molecule has 1 aromatic carbocycles. The van der Waals surface area contributed by atoms with Crippen LogP contribution in [0.4, 0.5) is 8.78 Å². The van der Waals surface area contributed by atoms with E-state index in [-0.39, 0.29) is 12.4 Å². The van der Waals surface area contributed by atoms with Crippen molar-refractivity contribution in [3.8, 4) is 0 Å². The van der Waals surface area contributed by atoms with Crippen molar-refractivity contribution in [3.63, 3.8) is 0 Å². The molecule has 1 rings (SSSR count). The fourth-order valence-corrected chi connectivity index (χ4v) is 1.51. The van der Waals surface area contributed by atoms with Gasteiger partial charge in [-0.2, -0.15) is 0 Å². The maximum absolute atomic E-state index is 12.1. The van der Waals surface area contributed by atoms with Crippen molar-refractivity contribution in [2.45, 2.75) is 13.0 Å². The number of rotatable bonds is 5. The normalized spacial score (nSPS) is 11.1. The third kappa shape index (κ3) is 3.58. The Balaban J connectivity index is 2.76. The zero-order valence-corrected chi connectivity index (χ0v) is 9.08. The highest BCUT2D eigenvalue weighted by Gasteiger charge is 2.11. The van der Waals surface area contributed by atoms with Gasteiger partial charge in [0.1, 0.15) is 5.84 Å². The summed E-state index contributed by atoms with van der Waals surface area (Å²) >= 11 is 0. The van der Waals surface area contributed by atoms with Crippen molar-refractivity contribution in [1.29, 1.82) is 5.41 Å². The lowest BCUT2D eigenvalue weighted by molar-refractivity contribution is 0.0975. The first kappa shape index (κ1) is 12.6. The molecule has 0 aliphatic heterocycles. The second kappa shape index (κ2) is 5.55. The number of nitrogens with zero attached hydrogens (tertiary/aromatic N) is 1. The minimum atomic E-state index is -2.35. The molecule has 0 aliphatic rings. The van der Waals surface area contributed by atoms with Crippen LogP contribution in [0.15, 0.2) is 24.3 Å². The smallest absolute Gasteiger partial charge is 0.251 e. The molecule has 5 heteroatoms. The van der Waals surface area contributed by atoms with Gasteiger partial charge in [0.15, 0.2) is 0 Å². The van der Waals surface area contributed by atoms with Crippen LogP contribution >= 0.6 is 0 Å². The Labute approximate surface area is 93.4 Å². The maximum atomic E-state index is 12.1. The largest absolute Gasteiger partial charge is 0.384 e. The van der Waals surface area contributed by atoms with Gasteiger partial charge in [0.2, 0.25) is 0 Å². The number of hydrogen-bond acceptors (Lipinski definition) is 2. The fourth-order valence-electron chi connectivity index (χ4n) is 1.51. The van der Waals surface area contributed by atoms with E-state index in [0.29, 0.717) is 12.1 Å². The molecule has 1 aromatic rings. The molecule has 0 amide bonds.